The molecule has 3 nitrogen and oxygen atoms in total. The van der Waals surface area contributed by atoms with Crippen LogP contribution in [0.4, 0.5) is 0 Å². The van der Waals surface area contributed by atoms with E-state index in [0.29, 0.717) is 12.2 Å². The molecule has 0 aliphatic heterocycles. The number of Topliss-reactive ketones (excluding diaryl/α,β-unsaturated/α-hetero) is 2. The molecule has 0 N–H and O–H groups in total. The lowest BCUT2D eigenvalue weighted by Gasteiger charge is -2.15. The van der Waals surface area contributed by atoms with Crippen LogP contribution in [-0.2, 0) is 16.0 Å². The molecule has 16 heavy (non-hydrogen) atoms. The Balaban J connectivity index is 2.42. The molecule has 0 atom stereocenters. The molecule has 0 bridgehead atoms. The van der Waals surface area contributed by atoms with E-state index in [0.717, 1.165) is 5.56 Å². The van der Waals surface area contributed by atoms with Crippen LogP contribution in [0.2, 0.25) is 0 Å². The molecule has 0 aromatic heterocycles. The van der Waals surface area contributed by atoms with Crippen molar-refractivity contribution in [3.05, 3.63) is 47.2 Å². The number of benzene rings is 1. The quantitative estimate of drug-likeness (QED) is 0.431. The third kappa shape index (κ3) is 1.76. The minimum Gasteiger partial charge on any atom is -0.501 e. The summed E-state index contributed by atoms with van der Waals surface area (Å²) in [5.41, 5.74) is 1.56. The van der Waals surface area contributed by atoms with E-state index in [1.807, 2.05) is 19.1 Å². The monoisotopic (exact) mass is 216 g/mol. The molecule has 0 unspecified atom stereocenters. The van der Waals surface area contributed by atoms with E-state index < -0.39 is 0 Å². The van der Waals surface area contributed by atoms with Gasteiger partial charge in [-0.3, -0.25) is 9.59 Å². The van der Waals surface area contributed by atoms with E-state index in [1.54, 1.807) is 12.1 Å². The summed E-state index contributed by atoms with van der Waals surface area (Å²) in [6.45, 7) is 2.26. The normalized spacial score (nSPS) is 17.4. The van der Waals surface area contributed by atoms with Gasteiger partial charge in [-0.2, -0.15) is 0 Å². The first-order chi connectivity index (χ1) is 7.74. The number of carbonyl (C=O) groups is 2. The Hall–Kier alpha value is -1.90. The molecular weight excluding hydrogens is 204 g/mol. The van der Waals surface area contributed by atoms with Crippen molar-refractivity contribution in [1.82, 2.24) is 0 Å². The van der Waals surface area contributed by atoms with Crippen molar-refractivity contribution in [2.24, 2.45) is 0 Å². The topological polar surface area (TPSA) is 43.4 Å². The Morgan fingerprint density at radius 1 is 1.31 bits per heavy atom. The summed E-state index contributed by atoms with van der Waals surface area (Å²) in [7, 11) is 0. The summed E-state index contributed by atoms with van der Waals surface area (Å²) >= 11 is 0. The predicted octanol–water partition coefficient (Wildman–Crippen LogP) is 1.91. The van der Waals surface area contributed by atoms with Crippen LogP contribution in [0.25, 0.3) is 0 Å². The summed E-state index contributed by atoms with van der Waals surface area (Å²) in [6, 6.07) is 7.17. The molecule has 0 spiro atoms. The average Bonchev–Trinajstić information content (AvgIpc) is 2.29. The average molecular weight is 216 g/mol. The van der Waals surface area contributed by atoms with E-state index in [4.69, 9.17) is 4.74 Å². The first-order valence-electron chi connectivity index (χ1n) is 5.21. The lowest BCUT2D eigenvalue weighted by Crippen LogP contribution is -2.23. The number of ether oxygens (including phenoxy) is 1. The zero-order valence-corrected chi connectivity index (χ0v) is 9.03. The lowest BCUT2D eigenvalue weighted by molar-refractivity contribution is -0.114. The van der Waals surface area contributed by atoms with Gasteiger partial charge in [-0.15, -0.1) is 0 Å². The van der Waals surface area contributed by atoms with Gasteiger partial charge in [0.15, 0.2) is 11.6 Å². The highest BCUT2D eigenvalue weighted by molar-refractivity contribution is 6.29. The molecule has 2 rings (SSSR count). The van der Waals surface area contributed by atoms with E-state index in [9.17, 15) is 9.59 Å². The molecule has 1 aliphatic rings. The molecule has 0 amide bonds. The van der Waals surface area contributed by atoms with E-state index in [2.05, 4.69) is 0 Å². The van der Waals surface area contributed by atoms with Crippen molar-refractivity contribution in [3.8, 4) is 0 Å². The fourth-order valence-electron chi connectivity index (χ4n) is 1.72. The number of rotatable bonds is 2. The second kappa shape index (κ2) is 4.31. The largest absolute Gasteiger partial charge is 0.501 e. The minimum atomic E-state index is -0.236. The second-order valence-corrected chi connectivity index (χ2v) is 3.57. The maximum absolute atomic E-state index is 12.0. The second-order valence-electron chi connectivity index (χ2n) is 3.57. The number of hydrogen-bond donors (Lipinski definition) is 0. The molecule has 0 saturated heterocycles. The van der Waals surface area contributed by atoms with Gasteiger partial charge in [0.05, 0.1) is 12.9 Å². The van der Waals surface area contributed by atoms with Crippen LogP contribution in [0.5, 0.6) is 0 Å². The Morgan fingerprint density at radius 3 is 2.81 bits per heavy atom. The minimum absolute atomic E-state index is 0.153. The van der Waals surface area contributed by atoms with Gasteiger partial charge in [-0.25, -0.2) is 0 Å². The number of fused-ring (bicyclic) bond motifs is 1. The Bertz CT molecular complexity index is 472. The van der Waals surface area contributed by atoms with Crippen molar-refractivity contribution in [3.63, 3.8) is 0 Å². The van der Waals surface area contributed by atoms with Crippen LogP contribution < -0.4 is 0 Å². The molecule has 0 fully saturated rings. The number of carbonyl (C=O) groups excluding carboxylic acids is 2. The maximum Gasteiger partial charge on any atom is 0.200 e. The highest BCUT2D eigenvalue weighted by Gasteiger charge is 2.28. The highest BCUT2D eigenvalue weighted by Crippen LogP contribution is 2.22. The number of hydrogen-bond acceptors (Lipinski definition) is 3. The van der Waals surface area contributed by atoms with Crippen molar-refractivity contribution < 1.29 is 14.3 Å². The molecule has 0 saturated carbocycles. The fraction of sp³-hybridized carbons (Fsp3) is 0.231. The van der Waals surface area contributed by atoms with Gasteiger partial charge in [0, 0.05) is 12.0 Å². The van der Waals surface area contributed by atoms with Crippen LogP contribution in [0, 0.1) is 0 Å². The first-order valence-corrected chi connectivity index (χ1v) is 5.21. The zero-order chi connectivity index (χ0) is 11.5. The van der Waals surface area contributed by atoms with Gasteiger partial charge in [0.2, 0.25) is 0 Å². The third-order valence-corrected chi connectivity index (χ3v) is 2.53. The van der Waals surface area contributed by atoms with Crippen molar-refractivity contribution in [2.45, 2.75) is 13.3 Å². The van der Waals surface area contributed by atoms with Crippen LogP contribution in [0.15, 0.2) is 36.1 Å². The molecule has 3 heteroatoms. The van der Waals surface area contributed by atoms with E-state index in [1.165, 1.54) is 6.26 Å². The summed E-state index contributed by atoms with van der Waals surface area (Å²) in [4.78, 5) is 23.7. The molecule has 0 heterocycles. The van der Waals surface area contributed by atoms with Crippen LogP contribution in [0.3, 0.4) is 0 Å². The molecule has 1 aliphatic carbocycles. The molecular formula is C13H12O3. The smallest absolute Gasteiger partial charge is 0.200 e. The Labute approximate surface area is 93.7 Å². The highest BCUT2D eigenvalue weighted by atomic mass is 16.5. The third-order valence-electron chi connectivity index (χ3n) is 2.53. The van der Waals surface area contributed by atoms with Crippen LogP contribution in [0.1, 0.15) is 22.8 Å². The SMILES string of the molecule is CCOC=C1C(=O)Cc2ccccc2C1=O. The first kappa shape index (κ1) is 10.6. The lowest BCUT2D eigenvalue weighted by atomic mass is 9.86. The van der Waals surface area contributed by atoms with E-state index >= 15 is 0 Å². The summed E-state index contributed by atoms with van der Waals surface area (Å²) in [5, 5.41) is 0. The predicted molar refractivity (Wildman–Crippen MR) is 59.2 cm³/mol. The van der Waals surface area contributed by atoms with Gasteiger partial charge >= 0.3 is 0 Å². The van der Waals surface area contributed by atoms with Crippen molar-refractivity contribution in [1.29, 1.82) is 0 Å². The van der Waals surface area contributed by atoms with Gasteiger partial charge in [-0.1, -0.05) is 24.3 Å². The summed E-state index contributed by atoms with van der Waals surface area (Å²) < 4.78 is 5.03. The zero-order valence-electron chi connectivity index (χ0n) is 9.03. The molecule has 0 radical (unpaired) electrons. The molecule has 1 aromatic rings. The maximum atomic E-state index is 12.0. The number of ketones is 2. The summed E-state index contributed by atoms with van der Waals surface area (Å²) in [6.07, 6.45) is 1.56. The summed E-state index contributed by atoms with van der Waals surface area (Å²) in [5.74, 6) is -0.405. The Kier molecular flexibility index (Phi) is 2.86. The fourth-order valence-corrected chi connectivity index (χ4v) is 1.72. The number of allylic oxidation sites excluding steroid dienone is 1. The van der Waals surface area contributed by atoms with E-state index in [-0.39, 0.29) is 23.6 Å². The van der Waals surface area contributed by atoms with Crippen molar-refractivity contribution in [2.75, 3.05) is 6.61 Å². The van der Waals surface area contributed by atoms with Crippen molar-refractivity contribution >= 4 is 11.6 Å². The van der Waals surface area contributed by atoms with Gasteiger partial charge in [-0.05, 0) is 12.5 Å². The van der Waals surface area contributed by atoms with Gasteiger partial charge < -0.3 is 4.74 Å². The van der Waals surface area contributed by atoms with Crippen LogP contribution in [-0.4, -0.2) is 18.2 Å². The van der Waals surface area contributed by atoms with Gasteiger partial charge in [0.25, 0.3) is 0 Å². The molecule has 1 aromatic carbocycles. The molecule has 82 valence electrons. The van der Waals surface area contributed by atoms with Crippen LogP contribution >= 0.6 is 0 Å². The Morgan fingerprint density at radius 2 is 2.06 bits per heavy atom. The standard InChI is InChI=1S/C13H12O3/c1-2-16-8-11-12(14)7-9-5-3-4-6-10(9)13(11)15/h3-6,8H,2,7H2,1H3. The van der Waals surface area contributed by atoms with Gasteiger partial charge in [0.1, 0.15) is 5.57 Å².